The quantitative estimate of drug-likeness (QED) is 0.534. The average Bonchev–Trinajstić information content (AvgIpc) is 2.52. The van der Waals surface area contributed by atoms with Crippen LogP contribution < -0.4 is 5.32 Å². The van der Waals surface area contributed by atoms with Gasteiger partial charge in [-0.2, -0.15) is 0 Å². The van der Waals surface area contributed by atoms with Gasteiger partial charge in [-0.25, -0.2) is 13.6 Å². The maximum atomic E-state index is 13.2. The van der Waals surface area contributed by atoms with Crippen molar-refractivity contribution in [3.05, 3.63) is 68.8 Å². The Morgan fingerprint density at radius 3 is 2.40 bits per heavy atom. The van der Waals surface area contributed by atoms with E-state index in [1.54, 1.807) is 0 Å². The SMILES string of the molecule is COC(=O)[C@H](Cc1cccc(I)c1)NC(=O)Cc1cc(F)cc(F)c1. The summed E-state index contributed by atoms with van der Waals surface area (Å²) in [5.74, 6) is -2.62. The van der Waals surface area contributed by atoms with E-state index in [0.717, 1.165) is 27.3 Å². The molecule has 25 heavy (non-hydrogen) atoms. The third kappa shape index (κ3) is 6.08. The molecule has 4 nitrogen and oxygen atoms in total. The van der Waals surface area contributed by atoms with Crippen molar-refractivity contribution in [2.24, 2.45) is 0 Å². The Kier molecular flexibility index (Phi) is 6.86. The number of benzene rings is 2. The molecule has 0 radical (unpaired) electrons. The lowest BCUT2D eigenvalue weighted by Crippen LogP contribution is -2.43. The van der Waals surface area contributed by atoms with Crippen molar-refractivity contribution in [1.82, 2.24) is 5.32 Å². The normalized spacial score (nSPS) is 11.7. The maximum absolute atomic E-state index is 13.2. The molecule has 2 aromatic carbocycles. The fourth-order valence-electron chi connectivity index (χ4n) is 2.38. The van der Waals surface area contributed by atoms with E-state index in [9.17, 15) is 18.4 Å². The molecule has 0 fully saturated rings. The lowest BCUT2D eigenvalue weighted by molar-refractivity contribution is -0.145. The molecule has 0 bridgehead atoms. The van der Waals surface area contributed by atoms with E-state index < -0.39 is 29.6 Å². The Morgan fingerprint density at radius 1 is 1.12 bits per heavy atom. The Morgan fingerprint density at radius 2 is 1.80 bits per heavy atom. The molecule has 1 N–H and O–H groups in total. The van der Waals surface area contributed by atoms with Crippen LogP contribution in [0.5, 0.6) is 0 Å². The van der Waals surface area contributed by atoms with Crippen molar-refractivity contribution in [1.29, 1.82) is 0 Å². The largest absolute Gasteiger partial charge is 0.467 e. The third-order valence-electron chi connectivity index (χ3n) is 3.44. The van der Waals surface area contributed by atoms with Crippen LogP contribution in [0.2, 0.25) is 0 Å². The standard InChI is InChI=1S/C18H16F2INO3/c1-25-18(24)16(8-11-3-2-4-15(21)7-11)22-17(23)9-12-5-13(19)10-14(20)6-12/h2-7,10,16H,8-9H2,1H3,(H,22,23)/t16-/m0/s1. The summed E-state index contributed by atoms with van der Waals surface area (Å²) in [5.41, 5.74) is 1.05. The summed E-state index contributed by atoms with van der Waals surface area (Å²) in [4.78, 5) is 24.1. The van der Waals surface area contributed by atoms with Crippen molar-refractivity contribution in [3.8, 4) is 0 Å². The van der Waals surface area contributed by atoms with Crippen LogP contribution in [-0.4, -0.2) is 25.0 Å². The molecule has 0 unspecified atom stereocenters. The molecule has 132 valence electrons. The number of amides is 1. The van der Waals surface area contributed by atoms with E-state index in [0.29, 0.717) is 0 Å². The van der Waals surface area contributed by atoms with Crippen molar-refractivity contribution in [2.45, 2.75) is 18.9 Å². The summed E-state index contributed by atoms with van der Waals surface area (Å²) in [6.07, 6.45) is 0.0151. The predicted octanol–water partition coefficient (Wildman–Crippen LogP) is 3.01. The predicted molar refractivity (Wildman–Crippen MR) is 96.9 cm³/mol. The van der Waals surface area contributed by atoms with Crippen molar-refractivity contribution in [3.63, 3.8) is 0 Å². The Labute approximate surface area is 157 Å². The van der Waals surface area contributed by atoms with Crippen LogP contribution in [-0.2, 0) is 27.2 Å². The lowest BCUT2D eigenvalue weighted by atomic mass is 10.1. The third-order valence-corrected chi connectivity index (χ3v) is 4.11. The molecule has 7 heteroatoms. The number of hydrogen-bond donors (Lipinski definition) is 1. The molecule has 0 heterocycles. The Hall–Kier alpha value is -2.03. The highest BCUT2D eigenvalue weighted by molar-refractivity contribution is 14.1. The van der Waals surface area contributed by atoms with Gasteiger partial charge in [0.1, 0.15) is 17.7 Å². The van der Waals surface area contributed by atoms with Crippen LogP contribution >= 0.6 is 22.6 Å². The number of ether oxygens (including phenoxy) is 1. The van der Waals surface area contributed by atoms with Gasteiger partial charge in [0.2, 0.25) is 5.91 Å². The summed E-state index contributed by atoms with van der Waals surface area (Å²) in [5, 5.41) is 2.56. The highest BCUT2D eigenvalue weighted by Crippen LogP contribution is 2.12. The molecular formula is C18H16F2INO3. The summed E-state index contributed by atoms with van der Waals surface area (Å²) in [7, 11) is 1.23. The summed E-state index contributed by atoms with van der Waals surface area (Å²) in [6.45, 7) is 0. The van der Waals surface area contributed by atoms with Gasteiger partial charge in [-0.3, -0.25) is 4.79 Å². The van der Waals surface area contributed by atoms with Crippen molar-refractivity contribution < 1.29 is 23.1 Å². The molecular weight excluding hydrogens is 443 g/mol. The number of nitrogens with one attached hydrogen (secondary N) is 1. The molecule has 2 rings (SSSR count). The van der Waals surface area contributed by atoms with Crippen LogP contribution in [0.4, 0.5) is 8.78 Å². The summed E-state index contributed by atoms with van der Waals surface area (Å²) >= 11 is 2.15. The number of methoxy groups -OCH3 is 1. The van der Waals surface area contributed by atoms with E-state index in [4.69, 9.17) is 4.74 Å². The van der Waals surface area contributed by atoms with Gasteiger partial charge in [0.05, 0.1) is 13.5 Å². The smallest absolute Gasteiger partial charge is 0.328 e. The minimum atomic E-state index is -0.880. The van der Waals surface area contributed by atoms with Crippen LogP contribution in [0, 0.1) is 15.2 Å². The van der Waals surface area contributed by atoms with Crippen molar-refractivity contribution in [2.75, 3.05) is 7.11 Å². The highest BCUT2D eigenvalue weighted by atomic mass is 127. The number of carbonyl (C=O) groups excluding carboxylic acids is 2. The first-order valence-electron chi connectivity index (χ1n) is 7.44. The van der Waals surface area contributed by atoms with Crippen LogP contribution in [0.25, 0.3) is 0 Å². The minimum Gasteiger partial charge on any atom is -0.467 e. The van der Waals surface area contributed by atoms with Crippen molar-refractivity contribution >= 4 is 34.5 Å². The maximum Gasteiger partial charge on any atom is 0.328 e. The van der Waals surface area contributed by atoms with Crippen LogP contribution in [0.15, 0.2) is 42.5 Å². The fraction of sp³-hybridized carbons (Fsp3) is 0.222. The molecule has 0 aliphatic heterocycles. The first-order valence-corrected chi connectivity index (χ1v) is 8.52. The topological polar surface area (TPSA) is 55.4 Å². The van der Waals surface area contributed by atoms with E-state index in [1.807, 2.05) is 24.3 Å². The zero-order chi connectivity index (χ0) is 18.4. The van der Waals surface area contributed by atoms with E-state index in [-0.39, 0.29) is 18.4 Å². The number of carbonyl (C=O) groups is 2. The molecule has 0 aromatic heterocycles. The zero-order valence-electron chi connectivity index (χ0n) is 13.4. The summed E-state index contributed by atoms with van der Waals surface area (Å²) in [6, 6.07) is 9.50. The van der Waals surface area contributed by atoms with Gasteiger partial charge in [-0.05, 0) is 58.0 Å². The van der Waals surface area contributed by atoms with Gasteiger partial charge in [-0.15, -0.1) is 0 Å². The van der Waals surface area contributed by atoms with Crippen LogP contribution in [0.1, 0.15) is 11.1 Å². The van der Waals surface area contributed by atoms with Crippen LogP contribution in [0.3, 0.4) is 0 Å². The van der Waals surface area contributed by atoms with Gasteiger partial charge >= 0.3 is 5.97 Å². The van der Waals surface area contributed by atoms with Gasteiger partial charge in [-0.1, -0.05) is 12.1 Å². The molecule has 0 aliphatic carbocycles. The lowest BCUT2D eigenvalue weighted by Gasteiger charge is -2.17. The summed E-state index contributed by atoms with van der Waals surface area (Å²) < 4.78 is 32.1. The molecule has 0 spiro atoms. The Balaban J connectivity index is 2.08. The number of esters is 1. The fourth-order valence-corrected chi connectivity index (χ4v) is 2.99. The first kappa shape index (κ1) is 19.3. The second kappa shape index (κ2) is 8.89. The minimum absolute atomic E-state index is 0.188. The molecule has 0 saturated carbocycles. The number of halogens is 3. The van der Waals surface area contributed by atoms with E-state index >= 15 is 0 Å². The highest BCUT2D eigenvalue weighted by Gasteiger charge is 2.22. The molecule has 2 aromatic rings. The second-order valence-corrected chi connectivity index (χ2v) is 6.68. The number of rotatable bonds is 6. The van der Waals surface area contributed by atoms with Gasteiger partial charge in [0.25, 0.3) is 0 Å². The molecule has 0 aliphatic rings. The monoisotopic (exact) mass is 459 g/mol. The van der Waals surface area contributed by atoms with Gasteiger partial charge in [0, 0.05) is 16.1 Å². The number of hydrogen-bond acceptors (Lipinski definition) is 3. The van der Waals surface area contributed by atoms with E-state index in [1.165, 1.54) is 7.11 Å². The Bertz CT molecular complexity index is 762. The van der Waals surface area contributed by atoms with E-state index in [2.05, 4.69) is 27.9 Å². The molecule has 0 saturated heterocycles. The second-order valence-electron chi connectivity index (χ2n) is 5.43. The van der Waals surface area contributed by atoms with Gasteiger partial charge in [0.15, 0.2) is 0 Å². The zero-order valence-corrected chi connectivity index (χ0v) is 15.5. The first-order chi connectivity index (χ1) is 11.9. The molecule has 1 amide bonds. The molecule has 1 atom stereocenters. The van der Waals surface area contributed by atoms with Gasteiger partial charge < -0.3 is 10.1 Å². The average molecular weight is 459 g/mol.